The van der Waals surface area contributed by atoms with Crippen molar-refractivity contribution in [2.24, 2.45) is 0 Å². The van der Waals surface area contributed by atoms with Crippen molar-refractivity contribution in [2.75, 3.05) is 38.0 Å². The Kier molecular flexibility index (Phi) is 4.44. The smallest absolute Gasteiger partial charge is 0.0359 e. The zero-order valence-electron chi connectivity index (χ0n) is 12.0. The zero-order valence-corrected chi connectivity index (χ0v) is 12.9. The van der Waals surface area contributed by atoms with E-state index in [1.165, 1.54) is 30.6 Å². The molecule has 0 unspecified atom stereocenters. The van der Waals surface area contributed by atoms with Crippen LogP contribution in [0.25, 0.3) is 0 Å². The van der Waals surface area contributed by atoms with E-state index in [2.05, 4.69) is 86.5 Å². The fourth-order valence-corrected chi connectivity index (χ4v) is 2.69. The Bertz CT molecular complexity index is 466. The van der Waals surface area contributed by atoms with Crippen molar-refractivity contribution in [1.82, 2.24) is 0 Å². The molecule has 0 spiro atoms. The molecule has 0 saturated heterocycles. The first-order valence-corrected chi connectivity index (χ1v) is 7.22. The van der Waals surface area contributed by atoms with Crippen LogP contribution in [0.4, 0.5) is 11.4 Å². The van der Waals surface area contributed by atoms with Gasteiger partial charge in [0.25, 0.3) is 0 Å². The van der Waals surface area contributed by atoms with Crippen LogP contribution in [0.3, 0.4) is 0 Å². The maximum Gasteiger partial charge on any atom is 0.0359 e. The van der Waals surface area contributed by atoms with Crippen LogP contribution in [-0.2, 0) is 0 Å². The maximum absolute atomic E-state index is 2.19. The Morgan fingerprint density at radius 2 is 0.895 bits per heavy atom. The van der Waals surface area contributed by atoms with Crippen LogP contribution in [0.15, 0.2) is 48.5 Å². The lowest BCUT2D eigenvalue weighted by Crippen LogP contribution is -2.11. The van der Waals surface area contributed by atoms with Crippen molar-refractivity contribution in [3.63, 3.8) is 0 Å². The molecule has 0 aliphatic carbocycles. The van der Waals surface area contributed by atoms with Crippen LogP contribution >= 0.6 is 8.58 Å². The summed E-state index contributed by atoms with van der Waals surface area (Å²) in [4.78, 5) is 4.24. The SMILES string of the molecule is CN(C)c1ccc([P-]c2ccc(N(C)C)cc2)cc1. The summed E-state index contributed by atoms with van der Waals surface area (Å²) in [5, 5.41) is 2.64. The van der Waals surface area contributed by atoms with Crippen LogP contribution in [0, 0.1) is 0 Å². The van der Waals surface area contributed by atoms with E-state index >= 15 is 0 Å². The minimum Gasteiger partial charge on any atom is -0.472 e. The van der Waals surface area contributed by atoms with E-state index in [1.807, 2.05) is 0 Å². The normalized spacial score (nSPS) is 10.3. The summed E-state index contributed by atoms with van der Waals surface area (Å²) in [5.74, 6) is 0. The summed E-state index contributed by atoms with van der Waals surface area (Å²) in [6.45, 7) is 0. The van der Waals surface area contributed by atoms with Crippen molar-refractivity contribution < 1.29 is 0 Å². The molecule has 100 valence electrons. The molecule has 0 aliphatic rings. The summed E-state index contributed by atoms with van der Waals surface area (Å²) in [6.07, 6.45) is 0. The second-order valence-corrected chi connectivity index (χ2v) is 6.19. The molecule has 0 saturated carbocycles. The second-order valence-electron chi connectivity index (χ2n) is 4.93. The van der Waals surface area contributed by atoms with Crippen molar-refractivity contribution >= 4 is 30.6 Å². The van der Waals surface area contributed by atoms with Gasteiger partial charge in [-0.25, -0.2) is 0 Å². The van der Waals surface area contributed by atoms with Crippen LogP contribution < -0.4 is 20.4 Å². The third-order valence-corrected chi connectivity index (χ3v) is 4.10. The number of benzene rings is 2. The van der Waals surface area contributed by atoms with Crippen LogP contribution in [0.2, 0.25) is 0 Å². The third-order valence-electron chi connectivity index (χ3n) is 2.99. The lowest BCUT2D eigenvalue weighted by atomic mass is 10.3. The average molecular weight is 271 g/mol. The van der Waals surface area contributed by atoms with Gasteiger partial charge in [-0.05, 0) is 24.3 Å². The molecule has 2 rings (SSSR count). The minimum atomic E-state index is 1.24. The van der Waals surface area contributed by atoms with Crippen molar-refractivity contribution in [1.29, 1.82) is 0 Å². The molecule has 2 nitrogen and oxygen atoms in total. The number of hydrogen-bond donors (Lipinski definition) is 0. The molecule has 3 heteroatoms. The summed E-state index contributed by atoms with van der Waals surface area (Å²) >= 11 is 0. The van der Waals surface area contributed by atoms with Gasteiger partial charge < -0.3 is 18.4 Å². The van der Waals surface area contributed by atoms with E-state index in [4.69, 9.17) is 0 Å². The quantitative estimate of drug-likeness (QED) is 0.789. The number of anilines is 2. The first-order valence-electron chi connectivity index (χ1n) is 6.33. The Hall–Kier alpha value is -1.53. The van der Waals surface area contributed by atoms with Gasteiger partial charge in [-0.1, -0.05) is 24.3 Å². The zero-order chi connectivity index (χ0) is 13.8. The monoisotopic (exact) mass is 271 g/mol. The molecular weight excluding hydrogens is 251 g/mol. The summed E-state index contributed by atoms with van der Waals surface area (Å²) in [7, 11) is 9.50. The van der Waals surface area contributed by atoms with Gasteiger partial charge in [0.15, 0.2) is 0 Å². The average Bonchev–Trinajstić information content (AvgIpc) is 2.40. The third kappa shape index (κ3) is 3.71. The van der Waals surface area contributed by atoms with Gasteiger partial charge in [-0.3, -0.25) is 0 Å². The molecule has 0 atom stereocenters. The molecule has 0 heterocycles. The predicted octanol–water partition coefficient (Wildman–Crippen LogP) is 2.72. The Morgan fingerprint density at radius 3 is 1.16 bits per heavy atom. The fourth-order valence-electron chi connectivity index (χ4n) is 1.80. The van der Waals surface area contributed by atoms with Crippen LogP contribution in [0.1, 0.15) is 0 Å². The lowest BCUT2D eigenvalue weighted by Gasteiger charge is -2.22. The van der Waals surface area contributed by atoms with Crippen LogP contribution in [-0.4, -0.2) is 28.2 Å². The molecule has 0 aliphatic heterocycles. The molecule has 2 aromatic carbocycles. The molecule has 19 heavy (non-hydrogen) atoms. The summed E-state index contributed by atoms with van der Waals surface area (Å²) in [6, 6.07) is 17.4. The minimum absolute atomic E-state index is 1.24. The standard InChI is InChI=1S/C16H20N2P/c1-17(2)13-5-9-15(10-6-13)19-16-11-7-14(8-12-16)18(3)4/h5-12H,1-4H3/q-1. The largest absolute Gasteiger partial charge is 0.472 e. The number of nitrogens with zero attached hydrogens (tertiary/aromatic N) is 2. The van der Waals surface area contributed by atoms with E-state index in [1.54, 1.807) is 0 Å². The Morgan fingerprint density at radius 1 is 0.579 bits per heavy atom. The molecular formula is C16H20N2P-. The number of hydrogen-bond acceptors (Lipinski definition) is 2. The highest BCUT2D eigenvalue weighted by molar-refractivity contribution is 7.55. The molecule has 0 amide bonds. The van der Waals surface area contributed by atoms with Gasteiger partial charge in [0, 0.05) is 39.6 Å². The first kappa shape index (κ1) is 13.9. The second kappa shape index (κ2) is 6.08. The predicted molar refractivity (Wildman–Crippen MR) is 87.7 cm³/mol. The van der Waals surface area contributed by atoms with Gasteiger partial charge in [0.2, 0.25) is 0 Å². The van der Waals surface area contributed by atoms with E-state index in [-0.39, 0.29) is 0 Å². The molecule has 0 aromatic heterocycles. The lowest BCUT2D eigenvalue weighted by molar-refractivity contribution is 1.13. The van der Waals surface area contributed by atoms with Gasteiger partial charge in [-0.15, -0.1) is 0 Å². The number of rotatable bonds is 4. The Balaban J connectivity index is 2.08. The van der Waals surface area contributed by atoms with Crippen molar-refractivity contribution in [3.8, 4) is 0 Å². The first-order chi connectivity index (χ1) is 9.06. The van der Waals surface area contributed by atoms with Gasteiger partial charge in [0.05, 0.1) is 0 Å². The van der Waals surface area contributed by atoms with E-state index in [9.17, 15) is 0 Å². The van der Waals surface area contributed by atoms with Crippen molar-refractivity contribution in [2.45, 2.75) is 0 Å². The van der Waals surface area contributed by atoms with Crippen molar-refractivity contribution in [3.05, 3.63) is 48.5 Å². The summed E-state index contributed by atoms with van der Waals surface area (Å²) < 4.78 is 0. The van der Waals surface area contributed by atoms with Gasteiger partial charge in [0.1, 0.15) is 0 Å². The maximum atomic E-state index is 2.19. The molecule has 0 radical (unpaired) electrons. The fraction of sp³-hybridized carbons (Fsp3) is 0.250. The highest BCUT2D eigenvalue weighted by Crippen LogP contribution is 2.16. The Labute approximate surface area is 117 Å². The van der Waals surface area contributed by atoms with E-state index in [0.29, 0.717) is 0 Å². The van der Waals surface area contributed by atoms with E-state index < -0.39 is 0 Å². The van der Waals surface area contributed by atoms with Gasteiger partial charge in [-0.2, -0.15) is 10.6 Å². The molecule has 2 aromatic rings. The molecule has 0 fully saturated rings. The highest BCUT2D eigenvalue weighted by atomic mass is 31.1. The van der Waals surface area contributed by atoms with E-state index in [0.717, 1.165) is 0 Å². The van der Waals surface area contributed by atoms with Crippen LogP contribution in [0.5, 0.6) is 0 Å². The highest BCUT2D eigenvalue weighted by Gasteiger charge is 1.93. The van der Waals surface area contributed by atoms with Gasteiger partial charge >= 0.3 is 0 Å². The topological polar surface area (TPSA) is 6.48 Å². The summed E-state index contributed by atoms with van der Waals surface area (Å²) in [5.41, 5.74) is 2.48. The molecule has 0 bridgehead atoms. The molecule has 0 N–H and O–H groups in total.